The van der Waals surface area contributed by atoms with Gasteiger partial charge in [0, 0.05) is 35.3 Å². The highest BCUT2D eigenvalue weighted by molar-refractivity contribution is 7.10. The number of hydrogen-bond acceptors (Lipinski definition) is 5. The van der Waals surface area contributed by atoms with Gasteiger partial charge in [0.25, 0.3) is 5.91 Å². The van der Waals surface area contributed by atoms with Gasteiger partial charge in [-0.15, -0.1) is 11.3 Å². The Labute approximate surface area is 190 Å². The number of benzene rings is 2. The van der Waals surface area contributed by atoms with Crippen LogP contribution in [0.5, 0.6) is 0 Å². The summed E-state index contributed by atoms with van der Waals surface area (Å²) in [7, 11) is 1.59. The Morgan fingerprint density at radius 3 is 2.47 bits per heavy atom. The number of hydrogen-bond donors (Lipinski definition) is 1. The lowest BCUT2D eigenvalue weighted by molar-refractivity contribution is -0.119. The second kappa shape index (κ2) is 9.46. The molecule has 0 spiro atoms. The Morgan fingerprint density at radius 2 is 1.81 bits per heavy atom. The maximum absolute atomic E-state index is 13.6. The number of ketones is 1. The minimum absolute atomic E-state index is 0.0332. The molecule has 1 aliphatic heterocycles. The Morgan fingerprint density at radius 1 is 1.06 bits per heavy atom. The van der Waals surface area contributed by atoms with Crippen LogP contribution in [0.1, 0.15) is 50.0 Å². The van der Waals surface area contributed by atoms with Gasteiger partial charge in [-0.25, -0.2) is 0 Å². The molecule has 4 rings (SSSR count). The number of thiophene rings is 1. The zero-order valence-electron chi connectivity index (χ0n) is 17.9. The number of carbonyl (C=O) groups excluding carboxylic acids is 3. The van der Waals surface area contributed by atoms with Crippen molar-refractivity contribution in [1.82, 2.24) is 4.90 Å². The van der Waals surface area contributed by atoms with E-state index >= 15 is 0 Å². The first-order chi connectivity index (χ1) is 15.5. The van der Waals surface area contributed by atoms with Crippen LogP contribution in [0.3, 0.4) is 0 Å². The van der Waals surface area contributed by atoms with Crippen LogP contribution in [0.4, 0.5) is 5.69 Å². The minimum atomic E-state index is -0.591. The van der Waals surface area contributed by atoms with Gasteiger partial charge in [0.1, 0.15) is 0 Å². The quantitative estimate of drug-likeness (QED) is 0.540. The first-order valence-corrected chi connectivity index (χ1v) is 11.2. The van der Waals surface area contributed by atoms with Crippen LogP contribution in [0.2, 0.25) is 0 Å². The number of anilines is 1. The number of ether oxygens (including phenoxy) is 1. The molecule has 0 bridgehead atoms. The van der Waals surface area contributed by atoms with Crippen molar-refractivity contribution in [2.75, 3.05) is 25.6 Å². The van der Waals surface area contributed by atoms with Crippen LogP contribution in [0.25, 0.3) is 0 Å². The first-order valence-electron chi connectivity index (χ1n) is 10.4. The summed E-state index contributed by atoms with van der Waals surface area (Å²) in [6, 6.07) is 17.5. The van der Waals surface area contributed by atoms with Gasteiger partial charge in [0.05, 0.1) is 18.6 Å². The molecule has 2 aromatic carbocycles. The van der Waals surface area contributed by atoms with Gasteiger partial charge in [0.15, 0.2) is 5.78 Å². The Kier molecular flexibility index (Phi) is 6.48. The Balaban J connectivity index is 1.75. The lowest BCUT2D eigenvalue weighted by Gasteiger charge is -2.41. The molecule has 7 heteroatoms. The van der Waals surface area contributed by atoms with Crippen molar-refractivity contribution in [3.63, 3.8) is 0 Å². The molecule has 0 saturated heterocycles. The first kappa shape index (κ1) is 21.9. The van der Waals surface area contributed by atoms with Crippen LogP contribution in [-0.2, 0) is 9.53 Å². The summed E-state index contributed by atoms with van der Waals surface area (Å²) in [5.74, 6) is -0.937. The van der Waals surface area contributed by atoms with Crippen LogP contribution < -0.4 is 5.32 Å². The lowest BCUT2D eigenvalue weighted by atomic mass is 9.81. The van der Waals surface area contributed by atoms with Gasteiger partial charge in [-0.3, -0.25) is 14.4 Å². The molecular formula is C25H24N2O4S. The molecule has 0 fully saturated rings. The molecule has 2 amide bonds. The molecule has 32 heavy (non-hydrogen) atoms. The van der Waals surface area contributed by atoms with Crippen LogP contribution in [0.15, 0.2) is 66.0 Å². The van der Waals surface area contributed by atoms with Gasteiger partial charge in [-0.2, -0.15) is 0 Å². The molecule has 0 radical (unpaired) electrons. The second-order valence-electron chi connectivity index (χ2n) is 7.64. The molecule has 3 aromatic rings. The number of methoxy groups -OCH3 is 1. The monoisotopic (exact) mass is 448 g/mol. The van der Waals surface area contributed by atoms with Gasteiger partial charge < -0.3 is 15.0 Å². The van der Waals surface area contributed by atoms with E-state index in [9.17, 15) is 14.4 Å². The average Bonchev–Trinajstić information content (AvgIpc) is 3.33. The second-order valence-corrected chi connectivity index (χ2v) is 8.62. The molecule has 1 N–H and O–H groups in total. The smallest absolute Gasteiger partial charge is 0.254 e. The van der Waals surface area contributed by atoms with E-state index in [0.29, 0.717) is 35.5 Å². The third-order valence-corrected chi connectivity index (χ3v) is 6.59. The zero-order chi connectivity index (χ0) is 22.7. The summed E-state index contributed by atoms with van der Waals surface area (Å²) < 4.78 is 5.25. The molecule has 1 aromatic heterocycles. The number of nitrogens with zero attached hydrogens (tertiary/aromatic N) is 1. The standard InChI is InChI=1S/C25H24N2O4S/c1-16(28)17-9-11-18(12-10-17)26-24(29)22-19-6-3-4-7-20(19)25(30)27(13-14-31-2)23(22)21-8-5-15-32-21/h3-12,15,22-23H,13-14H2,1-2H3,(H,26,29)/t22-,23+/m0/s1. The number of fused-ring (bicyclic) bond motifs is 1. The summed E-state index contributed by atoms with van der Waals surface area (Å²) >= 11 is 1.52. The van der Waals surface area contributed by atoms with E-state index in [4.69, 9.17) is 4.74 Å². The SMILES string of the molecule is COCCN1C(=O)c2ccccc2[C@H](C(=O)Nc2ccc(C(C)=O)cc2)[C@H]1c1cccs1. The highest BCUT2D eigenvalue weighted by atomic mass is 32.1. The molecule has 164 valence electrons. The number of rotatable bonds is 7. The molecule has 0 saturated carbocycles. The number of amides is 2. The van der Waals surface area contributed by atoms with Gasteiger partial charge in [0.2, 0.25) is 5.91 Å². The van der Waals surface area contributed by atoms with E-state index in [1.165, 1.54) is 18.3 Å². The van der Waals surface area contributed by atoms with Crippen molar-refractivity contribution in [2.45, 2.75) is 18.9 Å². The molecule has 0 unspecified atom stereocenters. The topological polar surface area (TPSA) is 75.7 Å². The van der Waals surface area contributed by atoms with E-state index < -0.39 is 12.0 Å². The fourth-order valence-electron chi connectivity index (χ4n) is 4.09. The van der Waals surface area contributed by atoms with Crippen LogP contribution in [-0.4, -0.2) is 42.8 Å². The van der Waals surface area contributed by atoms with Crippen molar-refractivity contribution < 1.29 is 19.1 Å². The van der Waals surface area contributed by atoms with E-state index in [-0.39, 0.29) is 17.6 Å². The van der Waals surface area contributed by atoms with Gasteiger partial charge in [-0.05, 0) is 54.3 Å². The summed E-state index contributed by atoms with van der Waals surface area (Å²) in [4.78, 5) is 41.2. The molecule has 0 aliphatic carbocycles. The third-order valence-electron chi connectivity index (χ3n) is 5.65. The highest BCUT2D eigenvalue weighted by Gasteiger charge is 2.44. The lowest BCUT2D eigenvalue weighted by Crippen LogP contribution is -2.47. The summed E-state index contributed by atoms with van der Waals surface area (Å²) in [5.41, 5.74) is 2.42. The van der Waals surface area contributed by atoms with Crippen molar-refractivity contribution in [3.8, 4) is 0 Å². The third kappa shape index (κ3) is 4.22. The number of carbonyl (C=O) groups is 3. The minimum Gasteiger partial charge on any atom is -0.383 e. The van der Waals surface area contributed by atoms with Crippen molar-refractivity contribution in [2.24, 2.45) is 0 Å². The van der Waals surface area contributed by atoms with Crippen molar-refractivity contribution >= 4 is 34.6 Å². The maximum Gasteiger partial charge on any atom is 0.254 e. The maximum atomic E-state index is 13.6. The largest absolute Gasteiger partial charge is 0.383 e. The van der Waals surface area contributed by atoms with Crippen LogP contribution >= 0.6 is 11.3 Å². The predicted octanol–water partition coefficient (Wildman–Crippen LogP) is 4.52. The van der Waals surface area contributed by atoms with Crippen molar-refractivity contribution in [3.05, 3.63) is 87.6 Å². The number of nitrogens with one attached hydrogen (secondary N) is 1. The molecule has 2 heterocycles. The molecule has 2 atom stereocenters. The van der Waals surface area contributed by atoms with Crippen LogP contribution in [0, 0.1) is 0 Å². The average molecular weight is 449 g/mol. The number of Topliss-reactive ketones (excluding diaryl/α,β-unsaturated/α-hetero) is 1. The summed E-state index contributed by atoms with van der Waals surface area (Å²) in [6.45, 7) is 2.25. The zero-order valence-corrected chi connectivity index (χ0v) is 18.7. The fourth-order valence-corrected chi connectivity index (χ4v) is 4.97. The fraction of sp³-hybridized carbons (Fsp3) is 0.240. The van der Waals surface area contributed by atoms with E-state index in [2.05, 4.69) is 5.32 Å². The summed E-state index contributed by atoms with van der Waals surface area (Å²) in [6.07, 6.45) is 0. The van der Waals surface area contributed by atoms with Crippen molar-refractivity contribution in [1.29, 1.82) is 0 Å². The van der Waals surface area contributed by atoms with Gasteiger partial charge >= 0.3 is 0 Å². The highest BCUT2D eigenvalue weighted by Crippen LogP contribution is 2.44. The predicted molar refractivity (Wildman–Crippen MR) is 124 cm³/mol. The molecular weight excluding hydrogens is 424 g/mol. The molecule has 6 nitrogen and oxygen atoms in total. The Bertz CT molecular complexity index is 1130. The Hall–Kier alpha value is -3.29. The molecule has 1 aliphatic rings. The van der Waals surface area contributed by atoms with Gasteiger partial charge in [-0.1, -0.05) is 24.3 Å². The van der Waals surface area contributed by atoms with E-state index in [1.807, 2.05) is 35.7 Å². The van der Waals surface area contributed by atoms with E-state index in [1.54, 1.807) is 42.3 Å². The normalized spacial score (nSPS) is 17.7. The summed E-state index contributed by atoms with van der Waals surface area (Å²) in [5, 5.41) is 4.94. The van der Waals surface area contributed by atoms with E-state index in [0.717, 1.165) is 4.88 Å².